The molecule has 25 heavy (non-hydrogen) atoms. The predicted molar refractivity (Wildman–Crippen MR) is 94.8 cm³/mol. The molecule has 128 valence electrons. The number of amides is 2. The molecule has 0 unspecified atom stereocenters. The fourth-order valence-corrected chi connectivity index (χ4v) is 2.73. The number of benzene rings is 2. The van der Waals surface area contributed by atoms with Crippen molar-refractivity contribution in [2.75, 3.05) is 12.4 Å². The van der Waals surface area contributed by atoms with E-state index >= 15 is 0 Å². The molecule has 0 spiro atoms. The monoisotopic (exact) mass is 339 g/mol. The van der Waals surface area contributed by atoms with Crippen molar-refractivity contribution in [3.8, 4) is 0 Å². The number of fused-ring (bicyclic) bond motifs is 1. The van der Waals surface area contributed by atoms with Crippen molar-refractivity contribution in [2.24, 2.45) is 0 Å². The van der Waals surface area contributed by atoms with Gasteiger partial charge < -0.3 is 15.6 Å². The smallest absolute Gasteiger partial charge is 0.228 e. The van der Waals surface area contributed by atoms with Gasteiger partial charge in [-0.05, 0) is 35.4 Å². The van der Waals surface area contributed by atoms with Crippen molar-refractivity contribution < 1.29 is 14.0 Å². The summed E-state index contributed by atoms with van der Waals surface area (Å²) in [6.07, 6.45) is 2.05. The quantitative estimate of drug-likeness (QED) is 0.669. The Bertz CT molecular complexity index is 933. The van der Waals surface area contributed by atoms with E-state index < -0.39 is 0 Å². The molecule has 3 N–H and O–H groups in total. The Morgan fingerprint density at radius 2 is 1.80 bits per heavy atom. The Hall–Kier alpha value is -3.15. The Balaban J connectivity index is 1.75. The highest BCUT2D eigenvalue weighted by molar-refractivity contribution is 5.96. The number of likely N-dealkylation sites (N-methyl/N-ethyl adjacent to an activating group) is 1. The molecule has 0 aliphatic carbocycles. The number of carbonyl (C=O) groups is 2. The SMILES string of the molecule is CNC(=O)Cc1ccccc1NC(=O)Cc1c[nH]c2cc(F)ccc12. The molecule has 1 heterocycles. The van der Waals surface area contributed by atoms with E-state index in [-0.39, 0.29) is 30.5 Å². The molecule has 0 aliphatic rings. The summed E-state index contributed by atoms with van der Waals surface area (Å²) in [5.41, 5.74) is 2.80. The third kappa shape index (κ3) is 3.85. The summed E-state index contributed by atoms with van der Waals surface area (Å²) in [7, 11) is 1.57. The molecule has 0 aliphatic heterocycles. The number of aromatic amines is 1. The number of rotatable bonds is 5. The first-order valence-corrected chi connectivity index (χ1v) is 7.90. The standard InChI is InChI=1S/C19H18FN3O2/c1-21-18(24)8-12-4-2-3-5-16(12)23-19(25)9-13-11-22-17-10-14(20)6-7-15(13)17/h2-7,10-11,22H,8-9H2,1H3,(H,21,24)(H,23,25). The minimum atomic E-state index is -0.325. The summed E-state index contributed by atoms with van der Waals surface area (Å²) in [6.45, 7) is 0. The molecule has 0 atom stereocenters. The fourth-order valence-electron chi connectivity index (χ4n) is 2.73. The van der Waals surface area contributed by atoms with Crippen LogP contribution in [0.15, 0.2) is 48.7 Å². The molecule has 0 saturated heterocycles. The van der Waals surface area contributed by atoms with Gasteiger partial charge in [0.2, 0.25) is 11.8 Å². The minimum absolute atomic E-state index is 0.125. The number of hydrogen-bond acceptors (Lipinski definition) is 2. The molecule has 2 aromatic carbocycles. The number of aromatic nitrogens is 1. The highest BCUT2D eigenvalue weighted by Crippen LogP contribution is 2.21. The number of carbonyl (C=O) groups excluding carboxylic acids is 2. The van der Waals surface area contributed by atoms with Gasteiger partial charge >= 0.3 is 0 Å². The fraction of sp³-hybridized carbons (Fsp3) is 0.158. The summed E-state index contributed by atoms with van der Waals surface area (Å²) >= 11 is 0. The maximum atomic E-state index is 13.2. The van der Waals surface area contributed by atoms with Crippen LogP contribution < -0.4 is 10.6 Å². The van der Waals surface area contributed by atoms with Crippen molar-refractivity contribution in [1.29, 1.82) is 0 Å². The Labute approximate surface area is 144 Å². The third-order valence-electron chi connectivity index (χ3n) is 4.00. The van der Waals surface area contributed by atoms with E-state index in [4.69, 9.17) is 0 Å². The first kappa shape index (κ1) is 16.7. The van der Waals surface area contributed by atoms with Gasteiger partial charge in [0.1, 0.15) is 5.82 Å². The van der Waals surface area contributed by atoms with Crippen molar-refractivity contribution in [1.82, 2.24) is 10.3 Å². The van der Waals surface area contributed by atoms with Crippen molar-refractivity contribution in [3.63, 3.8) is 0 Å². The lowest BCUT2D eigenvalue weighted by molar-refractivity contribution is -0.120. The van der Waals surface area contributed by atoms with Crippen molar-refractivity contribution in [3.05, 3.63) is 65.6 Å². The van der Waals surface area contributed by atoms with E-state index in [1.54, 1.807) is 37.5 Å². The second-order valence-electron chi connectivity index (χ2n) is 5.74. The number of para-hydroxylation sites is 1. The van der Waals surface area contributed by atoms with Crippen molar-refractivity contribution in [2.45, 2.75) is 12.8 Å². The molecule has 2 amide bonds. The number of halogens is 1. The van der Waals surface area contributed by atoms with Crippen LogP contribution in [0, 0.1) is 5.82 Å². The van der Waals surface area contributed by atoms with Gasteiger partial charge in [-0.1, -0.05) is 18.2 Å². The van der Waals surface area contributed by atoms with E-state index in [0.717, 1.165) is 16.5 Å². The highest BCUT2D eigenvalue weighted by atomic mass is 19.1. The van der Waals surface area contributed by atoms with Gasteiger partial charge in [0.25, 0.3) is 0 Å². The summed E-state index contributed by atoms with van der Waals surface area (Å²) in [6, 6.07) is 11.6. The summed E-state index contributed by atoms with van der Waals surface area (Å²) < 4.78 is 13.2. The lowest BCUT2D eigenvalue weighted by Gasteiger charge is -2.10. The van der Waals surface area contributed by atoms with Gasteiger partial charge in [0.15, 0.2) is 0 Å². The predicted octanol–water partition coefficient (Wildman–Crippen LogP) is 2.78. The maximum Gasteiger partial charge on any atom is 0.228 e. The average molecular weight is 339 g/mol. The van der Waals surface area contributed by atoms with Crippen LogP contribution in [0.3, 0.4) is 0 Å². The van der Waals surface area contributed by atoms with Gasteiger partial charge in [-0.25, -0.2) is 4.39 Å². The molecule has 0 bridgehead atoms. The van der Waals surface area contributed by atoms with Gasteiger partial charge in [-0.3, -0.25) is 9.59 Å². The minimum Gasteiger partial charge on any atom is -0.361 e. The zero-order valence-electron chi connectivity index (χ0n) is 13.7. The first-order chi connectivity index (χ1) is 12.1. The van der Waals surface area contributed by atoms with Crippen LogP contribution in [0.1, 0.15) is 11.1 Å². The molecule has 6 heteroatoms. The van der Waals surface area contributed by atoms with E-state index in [1.165, 1.54) is 12.1 Å². The molecule has 3 aromatic rings. The zero-order valence-corrected chi connectivity index (χ0v) is 13.7. The Morgan fingerprint density at radius 1 is 1.04 bits per heavy atom. The van der Waals surface area contributed by atoms with Crippen LogP contribution in [0.25, 0.3) is 10.9 Å². The second-order valence-corrected chi connectivity index (χ2v) is 5.74. The zero-order chi connectivity index (χ0) is 17.8. The summed E-state index contributed by atoms with van der Waals surface area (Å²) in [5.74, 6) is -0.650. The van der Waals surface area contributed by atoms with Gasteiger partial charge in [0, 0.05) is 29.8 Å². The topological polar surface area (TPSA) is 74.0 Å². The molecule has 0 fully saturated rings. The number of nitrogens with one attached hydrogen (secondary N) is 3. The summed E-state index contributed by atoms with van der Waals surface area (Å²) in [4.78, 5) is 27.0. The molecule has 3 rings (SSSR count). The van der Waals surface area contributed by atoms with E-state index in [9.17, 15) is 14.0 Å². The molecular weight excluding hydrogens is 321 g/mol. The lowest BCUT2D eigenvalue weighted by atomic mass is 10.1. The van der Waals surface area contributed by atoms with Crippen LogP contribution in [0.2, 0.25) is 0 Å². The van der Waals surface area contributed by atoms with Crippen LogP contribution in [0.5, 0.6) is 0 Å². The largest absolute Gasteiger partial charge is 0.361 e. The van der Waals surface area contributed by atoms with Crippen LogP contribution in [0.4, 0.5) is 10.1 Å². The summed E-state index contributed by atoms with van der Waals surface area (Å²) in [5, 5.41) is 6.23. The first-order valence-electron chi connectivity index (χ1n) is 7.90. The lowest BCUT2D eigenvalue weighted by Crippen LogP contribution is -2.21. The van der Waals surface area contributed by atoms with E-state index in [2.05, 4.69) is 15.6 Å². The van der Waals surface area contributed by atoms with Gasteiger partial charge in [-0.2, -0.15) is 0 Å². The third-order valence-corrected chi connectivity index (χ3v) is 4.00. The Kier molecular flexibility index (Phi) is 4.79. The Morgan fingerprint density at radius 3 is 2.60 bits per heavy atom. The highest BCUT2D eigenvalue weighted by Gasteiger charge is 2.12. The van der Waals surface area contributed by atoms with Crippen LogP contribution >= 0.6 is 0 Å². The van der Waals surface area contributed by atoms with E-state index in [1.807, 2.05) is 6.07 Å². The number of anilines is 1. The van der Waals surface area contributed by atoms with E-state index in [0.29, 0.717) is 11.2 Å². The second kappa shape index (κ2) is 7.17. The molecule has 5 nitrogen and oxygen atoms in total. The molecule has 0 radical (unpaired) electrons. The maximum absolute atomic E-state index is 13.2. The number of hydrogen-bond donors (Lipinski definition) is 3. The molecular formula is C19H18FN3O2. The average Bonchev–Trinajstić information content (AvgIpc) is 2.98. The van der Waals surface area contributed by atoms with Crippen LogP contribution in [-0.4, -0.2) is 23.8 Å². The molecule has 1 aromatic heterocycles. The van der Waals surface area contributed by atoms with Gasteiger partial charge in [0.05, 0.1) is 12.8 Å². The van der Waals surface area contributed by atoms with Crippen molar-refractivity contribution >= 4 is 28.4 Å². The number of H-pyrrole nitrogens is 1. The van der Waals surface area contributed by atoms with Crippen LogP contribution in [-0.2, 0) is 22.4 Å². The normalized spacial score (nSPS) is 10.6. The van der Waals surface area contributed by atoms with Gasteiger partial charge in [-0.15, -0.1) is 0 Å². The molecule has 0 saturated carbocycles.